The van der Waals surface area contributed by atoms with Gasteiger partial charge in [0.1, 0.15) is 5.75 Å². The Kier molecular flexibility index (Phi) is 5.12. The molecule has 0 saturated heterocycles. The van der Waals surface area contributed by atoms with Gasteiger partial charge in [-0.25, -0.2) is 0 Å². The molecule has 1 heterocycles. The van der Waals surface area contributed by atoms with Gasteiger partial charge in [-0.15, -0.1) is 10.2 Å². The zero-order chi connectivity index (χ0) is 15.4. The van der Waals surface area contributed by atoms with Gasteiger partial charge in [-0.05, 0) is 44.9 Å². The van der Waals surface area contributed by atoms with E-state index in [9.17, 15) is 0 Å². The minimum absolute atomic E-state index is 0.252. The van der Waals surface area contributed by atoms with E-state index in [4.69, 9.17) is 10.5 Å². The molecule has 0 amide bonds. The van der Waals surface area contributed by atoms with Crippen molar-refractivity contribution in [2.75, 3.05) is 18.1 Å². The molecule has 1 aromatic carbocycles. The Morgan fingerprint density at radius 3 is 2.76 bits per heavy atom. The lowest BCUT2D eigenvalue weighted by Crippen LogP contribution is -2.08. The third kappa shape index (κ3) is 3.91. The van der Waals surface area contributed by atoms with Crippen molar-refractivity contribution in [3.05, 3.63) is 29.3 Å². The number of rotatable bonds is 6. The van der Waals surface area contributed by atoms with Crippen molar-refractivity contribution < 1.29 is 4.74 Å². The predicted octanol–water partition coefficient (Wildman–Crippen LogP) is 3.23. The molecule has 0 unspecified atom stereocenters. The summed E-state index contributed by atoms with van der Waals surface area (Å²) in [6, 6.07) is 6.48. The minimum atomic E-state index is 0.252. The average molecular weight is 306 g/mol. The molecule has 0 saturated carbocycles. The van der Waals surface area contributed by atoms with Crippen LogP contribution in [0.25, 0.3) is 0 Å². The molecule has 2 aromatic rings. The third-order valence-corrected chi connectivity index (χ3v) is 4.03. The fraction of sp³-hybridized carbons (Fsp3) is 0.467. The Hall–Kier alpha value is -1.69. The third-order valence-electron chi connectivity index (χ3n) is 3.12. The van der Waals surface area contributed by atoms with E-state index in [0.29, 0.717) is 12.6 Å². The lowest BCUT2D eigenvalue weighted by atomic mass is 10.1. The maximum Gasteiger partial charge on any atom is 0.222 e. The summed E-state index contributed by atoms with van der Waals surface area (Å²) in [5.74, 6) is 2.21. The predicted molar refractivity (Wildman–Crippen MR) is 87.0 cm³/mol. The summed E-state index contributed by atoms with van der Waals surface area (Å²) in [6.07, 6.45) is 0. The van der Waals surface area contributed by atoms with Crippen molar-refractivity contribution >= 4 is 17.7 Å². The topological polar surface area (TPSA) is 66.0 Å². The Morgan fingerprint density at radius 2 is 2.05 bits per heavy atom. The highest BCUT2D eigenvalue weighted by Crippen LogP contribution is 2.23. The summed E-state index contributed by atoms with van der Waals surface area (Å²) < 4.78 is 7.77. The van der Waals surface area contributed by atoms with Crippen LogP contribution in [0.2, 0.25) is 0 Å². The second-order valence-corrected chi connectivity index (χ2v) is 6.33. The van der Waals surface area contributed by atoms with Crippen LogP contribution in [0.3, 0.4) is 0 Å². The van der Waals surface area contributed by atoms with E-state index in [2.05, 4.69) is 56.1 Å². The standard InChI is InChI=1S/C15H22N4OS/c1-10(2)19-14(16)17-18-15(19)21-8-7-20-13-9-11(3)5-6-12(13)4/h5-6,9-10H,7-8H2,1-4H3,(H2,16,17). The van der Waals surface area contributed by atoms with Gasteiger partial charge >= 0.3 is 0 Å². The van der Waals surface area contributed by atoms with Crippen molar-refractivity contribution in [3.8, 4) is 5.75 Å². The van der Waals surface area contributed by atoms with Crippen molar-refractivity contribution in [1.29, 1.82) is 0 Å². The number of benzene rings is 1. The number of aromatic nitrogens is 3. The second kappa shape index (κ2) is 6.85. The molecule has 0 radical (unpaired) electrons. The number of nitrogens with two attached hydrogens (primary N) is 1. The van der Waals surface area contributed by atoms with Crippen LogP contribution in [0, 0.1) is 13.8 Å². The highest BCUT2D eigenvalue weighted by atomic mass is 32.2. The lowest BCUT2D eigenvalue weighted by molar-refractivity contribution is 0.341. The molecular weight excluding hydrogens is 284 g/mol. The van der Waals surface area contributed by atoms with Crippen LogP contribution in [0.15, 0.2) is 23.4 Å². The molecule has 0 spiro atoms. The van der Waals surface area contributed by atoms with E-state index in [-0.39, 0.29) is 6.04 Å². The minimum Gasteiger partial charge on any atom is -0.492 e. The van der Waals surface area contributed by atoms with Crippen LogP contribution in [-0.4, -0.2) is 27.1 Å². The van der Waals surface area contributed by atoms with Gasteiger partial charge in [-0.3, -0.25) is 4.57 Å². The first kappa shape index (κ1) is 15.7. The molecule has 0 aliphatic heterocycles. The summed E-state index contributed by atoms with van der Waals surface area (Å²) in [6.45, 7) is 8.87. The fourth-order valence-corrected chi connectivity index (χ4v) is 2.91. The van der Waals surface area contributed by atoms with Gasteiger partial charge in [0, 0.05) is 11.8 Å². The quantitative estimate of drug-likeness (QED) is 0.655. The maximum atomic E-state index is 5.84. The molecule has 0 aliphatic carbocycles. The number of hydrogen-bond donors (Lipinski definition) is 1. The molecule has 21 heavy (non-hydrogen) atoms. The zero-order valence-corrected chi connectivity index (χ0v) is 13.8. The van der Waals surface area contributed by atoms with Crippen LogP contribution in [-0.2, 0) is 0 Å². The SMILES string of the molecule is Cc1ccc(C)c(OCCSc2nnc(N)n2C(C)C)c1. The Bertz CT molecular complexity index is 610. The van der Waals surface area contributed by atoms with Gasteiger partial charge in [0.15, 0.2) is 5.16 Å². The van der Waals surface area contributed by atoms with E-state index < -0.39 is 0 Å². The monoisotopic (exact) mass is 306 g/mol. The van der Waals surface area contributed by atoms with Crippen LogP contribution in [0.4, 0.5) is 5.95 Å². The van der Waals surface area contributed by atoms with E-state index in [1.807, 2.05) is 4.57 Å². The summed E-state index contributed by atoms with van der Waals surface area (Å²) in [4.78, 5) is 0. The molecule has 5 nitrogen and oxygen atoms in total. The Labute approximate surface area is 129 Å². The van der Waals surface area contributed by atoms with Crippen LogP contribution in [0.1, 0.15) is 31.0 Å². The molecule has 114 valence electrons. The van der Waals surface area contributed by atoms with E-state index in [0.717, 1.165) is 22.2 Å². The van der Waals surface area contributed by atoms with E-state index in [1.165, 1.54) is 5.56 Å². The zero-order valence-electron chi connectivity index (χ0n) is 13.0. The van der Waals surface area contributed by atoms with Crippen molar-refractivity contribution in [3.63, 3.8) is 0 Å². The first-order valence-corrected chi connectivity index (χ1v) is 8.01. The van der Waals surface area contributed by atoms with Crippen molar-refractivity contribution in [2.45, 2.75) is 38.9 Å². The van der Waals surface area contributed by atoms with Crippen LogP contribution >= 0.6 is 11.8 Å². The number of ether oxygens (including phenoxy) is 1. The van der Waals surface area contributed by atoms with Crippen molar-refractivity contribution in [1.82, 2.24) is 14.8 Å². The first-order valence-electron chi connectivity index (χ1n) is 7.02. The number of aryl methyl sites for hydroxylation is 2. The number of nitrogens with zero attached hydrogens (tertiary/aromatic N) is 3. The molecule has 2 N–H and O–H groups in total. The van der Waals surface area contributed by atoms with Gasteiger partial charge in [0.05, 0.1) is 6.61 Å². The second-order valence-electron chi connectivity index (χ2n) is 5.27. The average Bonchev–Trinajstić information content (AvgIpc) is 2.79. The highest BCUT2D eigenvalue weighted by molar-refractivity contribution is 7.99. The van der Waals surface area contributed by atoms with Crippen LogP contribution < -0.4 is 10.5 Å². The number of nitrogen functional groups attached to an aromatic ring is 1. The Balaban J connectivity index is 1.89. The molecule has 1 aromatic heterocycles. The molecule has 0 fully saturated rings. The smallest absolute Gasteiger partial charge is 0.222 e. The first-order chi connectivity index (χ1) is 9.99. The van der Waals surface area contributed by atoms with E-state index in [1.54, 1.807) is 11.8 Å². The molecular formula is C15H22N4OS. The highest BCUT2D eigenvalue weighted by Gasteiger charge is 2.12. The molecule has 0 aliphatic rings. The molecule has 0 bridgehead atoms. The van der Waals surface area contributed by atoms with Crippen molar-refractivity contribution in [2.24, 2.45) is 0 Å². The lowest BCUT2D eigenvalue weighted by Gasteiger charge is -2.12. The fourth-order valence-electron chi connectivity index (χ4n) is 2.02. The molecule has 0 atom stereocenters. The van der Waals surface area contributed by atoms with E-state index >= 15 is 0 Å². The summed E-state index contributed by atoms with van der Waals surface area (Å²) in [5, 5.41) is 8.88. The maximum absolute atomic E-state index is 5.84. The van der Waals surface area contributed by atoms with Gasteiger partial charge in [0.25, 0.3) is 0 Å². The summed E-state index contributed by atoms with van der Waals surface area (Å²) in [7, 11) is 0. The van der Waals surface area contributed by atoms with Gasteiger partial charge < -0.3 is 10.5 Å². The Morgan fingerprint density at radius 1 is 1.29 bits per heavy atom. The summed E-state index contributed by atoms with van der Waals surface area (Å²) in [5.41, 5.74) is 8.18. The van der Waals surface area contributed by atoms with Gasteiger partial charge in [-0.1, -0.05) is 23.9 Å². The normalized spacial score (nSPS) is 11.1. The molecule has 2 rings (SSSR count). The van der Waals surface area contributed by atoms with Crippen LogP contribution in [0.5, 0.6) is 5.75 Å². The number of anilines is 1. The summed E-state index contributed by atoms with van der Waals surface area (Å²) >= 11 is 1.61. The number of thioether (sulfide) groups is 1. The van der Waals surface area contributed by atoms with Gasteiger partial charge in [0.2, 0.25) is 5.95 Å². The molecule has 6 heteroatoms. The largest absolute Gasteiger partial charge is 0.492 e. The number of hydrogen-bond acceptors (Lipinski definition) is 5. The van der Waals surface area contributed by atoms with Gasteiger partial charge in [-0.2, -0.15) is 0 Å².